The van der Waals surface area contributed by atoms with E-state index in [-0.39, 0.29) is 5.91 Å². The third kappa shape index (κ3) is 5.54. The summed E-state index contributed by atoms with van der Waals surface area (Å²) in [5.74, 6) is 0.0217. The third-order valence-electron chi connectivity index (χ3n) is 4.37. The summed E-state index contributed by atoms with van der Waals surface area (Å²) < 4.78 is 7.78. The number of carbonyl (C=O) groups is 1. The van der Waals surface area contributed by atoms with Crippen LogP contribution in [0.15, 0.2) is 24.3 Å². The molecule has 1 N–H and O–H groups in total. The molecule has 0 fully saturated rings. The molecule has 0 aliphatic rings. The molecule has 26 heavy (non-hydrogen) atoms. The lowest BCUT2D eigenvalue weighted by atomic mass is 10.0. The standard InChI is InChI=1S/C20H31N3O2Si/c1-7-19(24)21-18-10-8-17(9-11-18)20-15(2)22-23(16(20)3)14-25-12-13-26(4,5)6/h8-11H,7,12-14H2,1-6H3,(H,21,24). The van der Waals surface area contributed by atoms with E-state index in [0.717, 1.165) is 40.9 Å². The van der Waals surface area contributed by atoms with Crippen LogP contribution in [0.25, 0.3) is 11.1 Å². The first kappa shape index (κ1) is 20.4. The van der Waals surface area contributed by atoms with Crippen molar-refractivity contribution in [2.45, 2.75) is 59.6 Å². The van der Waals surface area contributed by atoms with Crippen molar-refractivity contribution < 1.29 is 9.53 Å². The summed E-state index contributed by atoms with van der Waals surface area (Å²) >= 11 is 0. The average molecular weight is 374 g/mol. The molecule has 0 saturated heterocycles. The molecule has 0 radical (unpaired) electrons. The maximum absolute atomic E-state index is 11.5. The second-order valence-electron chi connectivity index (χ2n) is 7.87. The van der Waals surface area contributed by atoms with Gasteiger partial charge in [0.25, 0.3) is 0 Å². The second-order valence-corrected chi connectivity index (χ2v) is 13.5. The quantitative estimate of drug-likeness (QED) is 0.533. The molecule has 142 valence electrons. The number of ether oxygens (including phenoxy) is 1. The molecule has 2 aromatic rings. The fraction of sp³-hybridized carbons (Fsp3) is 0.500. The number of nitrogens with zero attached hydrogens (tertiary/aromatic N) is 2. The Bertz CT molecular complexity index is 746. The van der Waals surface area contributed by atoms with Crippen LogP contribution in [0.1, 0.15) is 24.7 Å². The van der Waals surface area contributed by atoms with Gasteiger partial charge in [-0.2, -0.15) is 5.10 Å². The van der Waals surface area contributed by atoms with E-state index in [1.807, 2.05) is 42.8 Å². The minimum atomic E-state index is -1.07. The van der Waals surface area contributed by atoms with Gasteiger partial charge in [0, 0.05) is 38.0 Å². The van der Waals surface area contributed by atoms with Gasteiger partial charge in [-0.25, -0.2) is 4.68 Å². The van der Waals surface area contributed by atoms with Gasteiger partial charge in [0.05, 0.1) is 5.69 Å². The average Bonchev–Trinajstić information content (AvgIpc) is 2.85. The Labute approximate surface area is 157 Å². The zero-order chi connectivity index (χ0) is 19.3. The van der Waals surface area contributed by atoms with E-state index < -0.39 is 8.07 Å². The second kappa shape index (κ2) is 8.64. The minimum absolute atomic E-state index is 0.0217. The van der Waals surface area contributed by atoms with E-state index in [4.69, 9.17) is 4.74 Å². The number of hydrogen-bond acceptors (Lipinski definition) is 3. The number of amides is 1. The van der Waals surface area contributed by atoms with Gasteiger partial charge in [0.1, 0.15) is 6.73 Å². The van der Waals surface area contributed by atoms with Crippen LogP contribution in [0.3, 0.4) is 0 Å². The van der Waals surface area contributed by atoms with Gasteiger partial charge < -0.3 is 10.1 Å². The number of hydrogen-bond donors (Lipinski definition) is 1. The van der Waals surface area contributed by atoms with E-state index in [2.05, 4.69) is 37.0 Å². The predicted molar refractivity (Wildman–Crippen MR) is 110 cm³/mol. The smallest absolute Gasteiger partial charge is 0.224 e. The molecule has 0 spiro atoms. The van der Waals surface area contributed by atoms with Gasteiger partial charge >= 0.3 is 0 Å². The largest absolute Gasteiger partial charge is 0.360 e. The highest BCUT2D eigenvalue weighted by Gasteiger charge is 2.15. The van der Waals surface area contributed by atoms with Crippen LogP contribution in [0.5, 0.6) is 0 Å². The lowest BCUT2D eigenvalue weighted by molar-refractivity contribution is -0.115. The Morgan fingerprint density at radius 2 is 1.85 bits per heavy atom. The molecule has 0 unspecified atom stereocenters. The van der Waals surface area contributed by atoms with Crippen molar-refractivity contribution in [2.24, 2.45) is 0 Å². The molecular formula is C20H31N3O2Si. The molecule has 0 saturated carbocycles. The summed E-state index contributed by atoms with van der Waals surface area (Å²) in [6.07, 6.45) is 0.477. The number of aryl methyl sites for hydroxylation is 1. The molecule has 0 aliphatic heterocycles. The van der Waals surface area contributed by atoms with Crippen molar-refractivity contribution in [2.75, 3.05) is 11.9 Å². The third-order valence-corrected chi connectivity index (χ3v) is 6.07. The summed E-state index contributed by atoms with van der Waals surface area (Å²) in [5.41, 5.74) is 5.13. The van der Waals surface area contributed by atoms with Crippen LogP contribution in [-0.2, 0) is 16.3 Å². The highest BCUT2D eigenvalue weighted by Crippen LogP contribution is 2.28. The summed E-state index contributed by atoms with van der Waals surface area (Å²) in [4.78, 5) is 11.5. The van der Waals surface area contributed by atoms with Crippen molar-refractivity contribution in [1.29, 1.82) is 0 Å². The fourth-order valence-corrected chi connectivity index (χ4v) is 3.50. The molecule has 5 nitrogen and oxygen atoms in total. The molecular weight excluding hydrogens is 342 g/mol. The van der Waals surface area contributed by atoms with E-state index in [1.165, 1.54) is 0 Å². The van der Waals surface area contributed by atoms with Crippen LogP contribution < -0.4 is 5.32 Å². The molecule has 1 aromatic heterocycles. The summed E-state index contributed by atoms with van der Waals surface area (Å²) in [6.45, 7) is 14.3. The number of aromatic nitrogens is 2. The SMILES string of the molecule is CCC(=O)Nc1ccc(-c2c(C)nn(COCC[Si](C)(C)C)c2C)cc1. The molecule has 1 amide bonds. The predicted octanol–water partition coefficient (Wildman–Crippen LogP) is 4.83. The Hall–Kier alpha value is -1.92. The van der Waals surface area contributed by atoms with Gasteiger partial charge in [-0.15, -0.1) is 0 Å². The van der Waals surface area contributed by atoms with Gasteiger partial charge in [-0.3, -0.25) is 4.79 Å². The monoisotopic (exact) mass is 373 g/mol. The first-order valence-corrected chi connectivity index (χ1v) is 12.9. The number of rotatable bonds is 8. The zero-order valence-electron chi connectivity index (χ0n) is 16.8. The minimum Gasteiger partial charge on any atom is -0.360 e. The molecule has 1 aromatic carbocycles. The van der Waals surface area contributed by atoms with Crippen LogP contribution in [0.4, 0.5) is 5.69 Å². The van der Waals surface area contributed by atoms with E-state index >= 15 is 0 Å². The van der Waals surface area contributed by atoms with Gasteiger partial charge in [0.15, 0.2) is 0 Å². The lowest BCUT2D eigenvalue weighted by Gasteiger charge is -2.15. The van der Waals surface area contributed by atoms with Crippen molar-refractivity contribution >= 4 is 19.7 Å². The molecule has 6 heteroatoms. The fourth-order valence-electron chi connectivity index (χ4n) is 2.74. The number of anilines is 1. The Balaban J connectivity index is 2.08. The van der Waals surface area contributed by atoms with Crippen LogP contribution in [0.2, 0.25) is 25.7 Å². The van der Waals surface area contributed by atoms with Crippen molar-refractivity contribution in [3.8, 4) is 11.1 Å². The number of carbonyl (C=O) groups excluding carboxylic acids is 1. The van der Waals surface area contributed by atoms with Crippen molar-refractivity contribution in [3.63, 3.8) is 0 Å². The summed E-state index contributed by atoms with van der Waals surface area (Å²) in [6, 6.07) is 9.08. The van der Waals surface area contributed by atoms with Crippen LogP contribution in [-0.4, -0.2) is 30.4 Å². The lowest BCUT2D eigenvalue weighted by Crippen LogP contribution is -2.22. The summed E-state index contributed by atoms with van der Waals surface area (Å²) in [5, 5.41) is 7.51. The molecule has 1 heterocycles. The highest BCUT2D eigenvalue weighted by atomic mass is 28.3. The molecule has 0 aliphatic carbocycles. The highest BCUT2D eigenvalue weighted by molar-refractivity contribution is 6.76. The first-order chi connectivity index (χ1) is 12.2. The number of nitrogens with one attached hydrogen (secondary N) is 1. The van der Waals surface area contributed by atoms with Gasteiger partial charge in [0.2, 0.25) is 5.91 Å². The maximum atomic E-state index is 11.5. The Kier molecular flexibility index (Phi) is 6.78. The van der Waals surface area contributed by atoms with Crippen molar-refractivity contribution in [3.05, 3.63) is 35.7 Å². The van der Waals surface area contributed by atoms with Gasteiger partial charge in [-0.05, 0) is 37.6 Å². The Morgan fingerprint density at radius 3 is 2.42 bits per heavy atom. The normalized spacial score (nSPS) is 11.6. The molecule has 2 rings (SSSR count). The number of benzene rings is 1. The van der Waals surface area contributed by atoms with E-state index in [1.54, 1.807) is 0 Å². The van der Waals surface area contributed by atoms with Gasteiger partial charge in [-0.1, -0.05) is 38.7 Å². The molecule has 0 bridgehead atoms. The summed E-state index contributed by atoms with van der Waals surface area (Å²) in [7, 11) is -1.07. The first-order valence-electron chi connectivity index (χ1n) is 9.23. The van der Waals surface area contributed by atoms with Crippen LogP contribution in [0, 0.1) is 13.8 Å². The Morgan fingerprint density at radius 1 is 1.19 bits per heavy atom. The maximum Gasteiger partial charge on any atom is 0.224 e. The topological polar surface area (TPSA) is 56.2 Å². The van der Waals surface area contributed by atoms with Crippen LogP contribution >= 0.6 is 0 Å². The van der Waals surface area contributed by atoms with E-state index in [0.29, 0.717) is 13.2 Å². The molecule has 0 atom stereocenters. The zero-order valence-corrected chi connectivity index (χ0v) is 17.8. The van der Waals surface area contributed by atoms with E-state index in [9.17, 15) is 4.79 Å². The van der Waals surface area contributed by atoms with Crippen molar-refractivity contribution in [1.82, 2.24) is 9.78 Å².